The Morgan fingerprint density at radius 1 is 1.10 bits per heavy atom. The Hall–Kier alpha value is -2.45. The van der Waals surface area contributed by atoms with E-state index in [1.165, 1.54) is 5.56 Å². The second-order valence-corrected chi connectivity index (χ2v) is 8.51. The molecular formula is C23H33N3O5. The third-order valence-corrected chi connectivity index (χ3v) is 5.52. The summed E-state index contributed by atoms with van der Waals surface area (Å²) >= 11 is 0. The molecule has 0 aromatic heterocycles. The molecule has 2 saturated heterocycles. The van der Waals surface area contributed by atoms with Gasteiger partial charge in [-0.1, -0.05) is 44.2 Å². The molecule has 0 unspecified atom stereocenters. The molecule has 1 N–H and O–H groups in total. The standard InChI is InChI=1S/C23H33N3O5/c1-4-30-23(29)20-19(31-20)21(27)24-18(14-16(2)3)22(28)26-12-10-25(11-13-26)15-17-8-6-5-7-9-17/h5-9,16,18-20H,4,10-15H2,1-3H3,(H,24,27)/t18-,19-,20-/m0/s1. The molecule has 170 valence electrons. The van der Waals surface area contributed by atoms with Crippen molar-refractivity contribution >= 4 is 17.8 Å². The first-order valence-electron chi connectivity index (χ1n) is 11.1. The first kappa shape index (κ1) is 23.2. The number of nitrogens with one attached hydrogen (secondary N) is 1. The molecule has 8 nitrogen and oxygen atoms in total. The minimum absolute atomic E-state index is 0.0743. The number of hydrogen-bond donors (Lipinski definition) is 1. The second kappa shape index (κ2) is 10.7. The monoisotopic (exact) mass is 431 g/mol. The van der Waals surface area contributed by atoms with Gasteiger partial charge in [-0.05, 0) is 24.8 Å². The Morgan fingerprint density at radius 3 is 2.39 bits per heavy atom. The highest BCUT2D eigenvalue weighted by molar-refractivity contribution is 5.95. The molecule has 0 spiro atoms. The van der Waals surface area contributed by atoms with E-state index in [1.54, 1.807) is 6.92 Å². The number of amides is 2. The van der Waals surface area contributed by atoms with Crippen molar-refractivity contribution in [2.75, 3.05) is 32.8 Å². The molecule has 2 heterocycles. The summed E-state index contributed by atoms with van der Waals surface area (Å²) in [6, 6.07) is 9.66. The molecule has 31 heavy (non-hydrogen) atoms. The zero-order valence-electron chi connectivity index (χ0n) is 18.6. The van der Waals surface area contributed by atoms with Crippen LogP contribution in [0.2, 0.25) is 0 Å². The van der Waals surface area contributed by atoms with Crippen LogP contribution in [0, 0.1) is 5.92 Å². The molecule has 2 amide bonds. The average Bonchev–Trinajstić information content (AvgIpc) is 3.55. The molecule has 2 aliphatic heterocycles. The van der Waals surface area contributed by atoms with Crippen LogP contribution in [0.5, 0.6) is 0 Å². The van der Waals surface area contributed by atoms with Crippen molar-refractivity contribution < 1.29 is 23.9 Å². The number of carbonyl (C=O) groups excluding carboxylic acids is 3. The van der Waals surface area contributed by atoms with E-state index in [4.69, 9.17) is 9.47 Å². The van der Waals surface area contributed by atoms with Gasteiger partial charge in [-0.3, -0.25) is 14.5 Å². The maximum atomic E-state index is 13.2. The van der Waals surface area contributed by atoms with E-state index < -0.39 is 30.1 Å². The third-order valence-electron chi connectivity index (χ3n) is 5.52. The molecule has 2 fully saturated rings. The number of nitrogens with zero attached hydrogens (tertiary/aromatic N) is 2. The van der Waals surface area contributed by atoms with Crippen molar-refractivity contribution in [3.05, 3.63) is 35.9 Å². The van der Waals surface area contributed by atoms with E-state index in [9.17, 15) is 14.4 Å². The van der Waals surface area contributed by atoms with Crippen LogP contribution in [0.3, 0.4) is 0 Å². The van der Waals surface area contributed by atoms with Crippen molar-refractivity contribution in [2.45, 2.75) is 52.0 Å². The predicted octanol–water partition coefficient (Wildman–Crippen LogP) is 1.19. The van der Waals surface area contributed by atoms with Gasteiger partial charge in [-0.2, -0.15) is 0 Å². The summed E-state index contributed by atoms with van der Waals surface area (Å²) in [4.78, 5) is 41.6. The summed E-state index contributed by atoms with van der Waals surface area (Å²) in [5.41, 5.74) is 1.26. The highest BCUT2D eigenvalue weighted by atomic mass is 16.6. The first-order chi connectivity index (χ1) is 14.9. The summed E-state index contributed by atoms with van der Waals surface area (Å²) in [6.45, 7) is 9.66. The third kappa shape index (κ3) is 6.51. The molecule has 1 aromatic carbocycles. The first-order valence-corrected chi connectivity index (χ1v) is 11.1. The van der Waals surface area contributed by atoms with Gasteiger partial charge in [0.05, 0.1) is 6.61 Å². The lowest BCUT2D eigenvalue weighted by Gasteiger charge is -2.36. The summed E-state index contributed by atoms with van der Waals surface area (Å²) < 4.78 is 10.1. The van der Waals surface area contributed by atoms with Crippen LogP contribution < -0.4 is 5.32 Å². The van der Waals surface area contributed by atoms with Gasteiger partial charge in [0.25, 0.3) is 5.91 Å². The second-order valence-electron chi connectivity index (χ2n) is 8.51. The van der Waals surface area contributed by atoms with E-state index >= 15 is 0 Å². The quantitative estimate of drug-likeness (QED) is 0.467. The number of esters is 1. The Kier molecular flexibility index (Phi) is 8.03. The highest BCUT2D eigenvalue weighted by Crippen LogP contribution is 2.24. The lowest BCUT2D eigenvalue weighted by molar-refractivity contribution is -0.144. The van der Waals surface area contributed by atoms with Crippen LogP contribution >= 0.6 is 0 Å². The van der Waals surface area contributed by atoms with Gasteiger partial charge in [0.1, 0.15) is 6.04 Å². The summed E-state index contributed by atoms with van der Waals surface area (Å²) in [5.74, 6) is -0.812. The van der Waals surface area contributed by atoms with Crippen LogP contribution in [0.15, 0.2) is 30.3 Å². The molecular weight excluding hydrogens is 398 g/mol. The zero-order chi connectivity index (χ0) is 22.4. The van der Waals surface area contributed by atoms with Crippen molar-refractivity contribution in [3.8, 4) is 0 Å². The van der Waals surface area contributed by atoms with Crippen LogP contribution in [0.4, 0.5) is 0 Å². The SMILES string of the molecule is CCOC(=O)[C@H]1O[C@@H]1C(=O)N[C@@H](CC(C)C)C(=O)N1CCN(Cc2ccccc2)CC1. The van der Waals surface area contributed by atoms with Gasteiger partial charge in [0.2, 0.25) is 5.91 Å². The van der Waals surface area contributed by atoms with Gasteiger partial charge in [-0.25, -0.2) is 4.79 Å². The Balaban J connectivity index is 1.52. The Bertz CT molecular complexity index is 762. The van der Waals surface area contributed by atoms with Gasteiger partial charge < -0.3 is 19.7 Å². The van der Waals surface area contributed by atoms with Gasteiger partial charge in [0.15, 0.2) is 12.2 Å². The molecule has 1 aromatic rings. The smallest absolute Gasteiger partial charge is 0.338 e. The molecule has 0 bridgehead atoms. The summed E-state index contributed by atoms with van der Waals surface area (Å²) in [5, 5.41) is 2.81. The molecule has 0 saturated carbocycles. The lowest BCUT2D eigenvalue weighted by Crippen LogP contribution is -2.55. The Labute approximate surface area is 183 Å². The van der Waals surface area contributed by atoms with Crippen LogP contribution in [0.25, 0.3) is 0 Å². The molecule has 8 heteroatoms. The number of piperazine rings is 1. The fourth-order valence-corrected chi connectivity index (χ4v) is 3.85. The number of rotatable bonds is 9. The van der Waals surface area contributed by atoms with Crippen LogP contribution in [-0.4, -0.2) is 78.6 Å². The number of benzene rings is 1. The average molecular weight is 432 g/mol. The van der Waals surface area contributed by atoms with E-state index in [1.807, 2.05) is 36.9 Å². The fourth-order valence-electron chi connectivity index (χ4n) is 3.85. The molecule has 2 aliphatic rings. The maximum Gasteiger partial charge on any atom is 0.338 e. The normalized spacial score (nSPS) is 22.1. The van der Waals surface area contributed by atoms with E-state index in [-0.39, 0.29) is 18.4 Å². The van der Waals surface area contributed by atoms with Gasteiger partial charge in [0, 0.05) is 32.7 Å². The molecule has 3 atom stereocenters. The summed E-state index contributed by atoms with van der Waals surface area (Å²) in [6.07, 6.45) is -1.20. The van der Waals surface area contributed by atoms with E-state index in [2.05, 4.69) is 22.3 Å². The predicted molar refractivity (Wildman–Crippen MR) is 115 cm³/mol. The van der Waals surface area contributed by atoms with Crippen molar-refractivity contribution in [2.24, 2.45) is 5.92 Å². The number of epoxide rings is 1. The van der Waals surface area contributed by atoms with Crippen LogP contribution in [-0.2, 0) is 30.4 Å². The van der Waals surface area contributed by atoms with Crippen molar-refractivity contribution in [1.29, 1.82) is 0 Å². The molecule has 0 aliphatic carbocycles. The molecule has 3 rings (SSSR count). The number of carbonyl (C=O) groups is 3. The molecule has 0 radical (unpaired) electrons. The van der Waals surface area contributed by atoms with Crippen molar-refractivity contribution in [1.82, 2.24) is 15.1 Å². The number of hydrogen-bond acceptors (Lipinski definition) is 6. The van der Waals surface area contributed by atoms with Gasteiger partial charge in [-0.15, -0.1) is 0 Å². The van der Waals surface area contributed by atoms with Gasteiger partial charge >= 0.3 is 5.97 Å². The summed E-state index contributed by atoms with van der Waals surface area (Å²) in [7, 11) is 0. The fraction of sp³-hybridized carbons (Fsp3) is 0.609. The minimum atomic E-state index is -0.871. The van der Waals surface area contributed by atoms with Crippen LogP contribution in [0.1, 0.15) is 32.8 Å². The van der Waals surface area contributed by atoms with E-state index in [0.717, 1.165) is 19.6 Å². The highest BCUT2D eigenvalue weighted by Gasteiger charge is 2.52. The van der Waals surface area contributed by atoms with Crippen molar-refractivity contribution in [3.63, 3.8) is 0 Å². The zero-order valence-corrected chi connectivity index (χ0v) is 18.6. The lowest BCUT2D eigenvalue weighted by atomic mass is 10.0. The van der Waals surface area contributed by atoms with E-state index in [0.29, 0.717) is 19.5 Å². The Morgan fingerprint density at radius 2 is 1.77 bits per heavy atom. The topological polar surface area (TPSA) is 91.5 Å². The minimum Gasteiger partial charge on any atom is -0.464 e. The number of ether oxygens (including phenoxy) is 2. The maximum absolute atomic E-state index is 13.2. The largest absolute Gasteiger partial charge is 0.464 e.